The molecule has 2 heterocycles. The number of rotatable bonds is 9. The quantitative estimate of drug-likeness (QED) is 0.229. The Morgan fingerprint density at radius 1 is 0.975 bits per heavy atom. The summed E-state index contributed by atoms with van der Waals surface area (Å²) in [6, 6.07) is 19.0. The molecule has 4 aromatic rings. The number of nitrogen functional groups attached to an aromatic ring is 1. The first-order valence-corrected chi connectivity index (χ1v) is 12.9. The summed E-state index contributed by atoms with van der Waals surface area (Å²) in [6.07, 6.45) is -4.81. The predicted octanol–water partition coefficient (Wildman–Crippen LogP) is 5.33. The van der Waals surface area contributed by atoms with Gasteiger partial charge in [-0.3, -0.25) is 0 Å². The normalized spacial score (nSPS) is 12.1. The third-order valence-corrected chi connectivity index (χ3v) is 6.94. The Hall–Kier alpha value is -4.36. The third kappa shape index (κ3) is 6.26. The Labute approximate surface area is 231 Å². The summed E-state index contributed by atoms with van der Waals surface area (Å²) in [5.74, 6) is -1.94. The number of hydrogen-bond acceptors (Lipinski definition) is 9. The zero-order valence-electron chi connectivity index (χ0n) is 20.8. The number of pyridine rings is 1. The average molecular weight is 566 g/mol. The summed E-state index contributed by atoms with van der Waals surface area (Å²) in [4.78, 5) is 8.22. The minimum absolute atomic E-state index is 0.0143. The summed E-state index contributed by atoms with van der Waals surface area (Å²) >= 11 is 0.826. The third-order valence-electron chi connectivity index (χ3n) is 5.96. The number of alkyl halides is 3. The zero-order chi connectivity index (χ0) is 28.9. The first kappa shape index (κ1) is 28.6. The second-order valence-corrected chi connectivity index (χ2v) is 9.63. The predicted molar refractivity (Wildman–Crippen MR) is 141 cm³/mol. The molecule has 0 fully saturated rings. The summed E-state index contributed by atoms with van der Waals surface area (Å²) in [5, 5.41) is 38.4. The van der Waals surface area contributed by atoms with Crippen molar-refractivity contribution in [3.05, 3.63) is 82.7 Å². The van der Waals surface area contributed by atoms with Crippen LogP contribution in [0.25, 0.3) is 22.6 Å². The fourth-order valence-electron chi connectivity index (χ4n) is 3.97. The molecule has 2 aromatic carbocycles. The van der Waals surface area contributed by atoms with Gasteiger partial charge in [0.2, 0.25) is 11.7 Å². The molecule has 40 heavy (non-hydrogen) atoms. The molecule has 0 saturated heterocycles. The molecule has 0 saturated carbocycles. The Balaban J connectivity index is 1.69. The van der Waals surface area contributed by atoms with Crippen molar-refractivity contribution in [1.29, 1.82) is 10.5 Å². The van der Waals surface area contributed by atoms with Crippen molar-refractivity contribution in [1.82, 2.24) is 9.97 Å². The Kier molecular flexibility index (Phi) is 8.75. The lowest BCUT2D eigenvalue weighted by molar-refractivity contribution is -0.153. The number of aromatic nitrogens is 2. The van der Waals surface area contributed by atoms with Crippen LogP contribution >= 0.6 is 11.8 Å². The van der Waals surface area contributed by atoms with Crippen LogP contribution < -0.4 is 5.73 Å². The largest absolute Gasteiger partial charge is 0.451 e. The summed E-state index contributed by atoms with van der Waals surface area (Å²) in [5.41, 5.74) is 7.55. The van der Waals surface area contributed by atoms with Gasteiger partial charge in [0.15, 0.2) is 0 Å². The number of nitriles is 2. The van der Waals surface area contributed by atoms with E-state index in [0.29, 0.717) is 24.0 Å². The first-order valence-electron chi connectivity index (χ1n) is 11.9. The van der Waals surface area contributed by atoms with Crippen molar-refractivity contribution >= 4 is 17.6 Å². The van der Waals surface area contributed by atoms with Gasteiger partial charge < -0.3 is 20.4 Å². The monoisotopic (exact) mass is 565 g/mol. The second kappa shape index (κ2) is 12.2. The van der Waals surface area contributed by atoms with E-state index in [4.69, 9.17) is 15.3 Å². The van der Waals surface area contributed by atoms with E-state index in [1.165, 1.54) is 0 Å². The second-order valence-electron chi connectivity index (χ2n) is 8.67. The van der Waals surface area contributed by atoms with Gasteiger partial charge in [-0.1, -0.05) is 54.2 Å². The maximum absolute atomic E-state index is 13.8. The van der Waals surface area contributed by atoms with Gasteiger partial charge >= 0.3 is 6.18 Å². The minimum atomic E-state index is -4.80. The number of hydrogen-bond donors (Lipinski definition) is 3. The van der Waals surface area contributed by atoms with Crippen LogP contribution in [0.5, 0.6) is 0 Å². The number of thioether (sulfide) groups is 1. The van der Waals surface area contributed by atoms with E-state index in [1.807, 2.05) is 12.1 Å². The number of halogens is 3. The Morgan fingerprint density at radius 2 is 1.65 bits per heavy atom. The number of aryl methyl sites for hydroxylation is 1. The van der Waals surface area contributed by atoms with Crippen LogP contribution in [0.15, 0.2) is 64.0 Å². The van der Waals surface area contributed by atoms with Gasteiger partial charge in [-0.25, -0.2) is 9.97 Å². The highest BCUT2D eigenvalue weighted by molar-refractivity contribution is 7.98. The molecule has 204 valence electrons. The summed E-state index contributed by atoms with van der Waals surface area (Å²) in [7, 11) is 0. The van der Waals surface area contributed by atoms with Gasteiger partial charge in [0.05, 0.1) is 18.3 Å². The number of aliphatic hydroxyl groups is 2. The van der Waals surface area contributed by atoms with Gasteiger partial charge in [-0.15, -0.1) is 0 Å². The molecule has 0 aliphatic heterocycles. The number of nitrogens with zero attached hydrogens (tertiary/aromatic N) is 4. The Bertz CT molecular complexity index is 1580. The fraction of sp³-hybridized carbons (Fsp3) is 0.214. The van der Waals surface area contributed by atoms with Gasteiger partial charge in [0.1, 0.15) is 34.2 Å². The molecule has 2 aromatic heterocycles. The van der Waals surface area contributed by atoms with E-state index in [9.17, 15) is 28.8 Å². The first-order chi connectivity index (χ1) is 19.2. The lowest BCUT2D eigenvalue weighted by Crippen LogP contribution is -2.12. The standard InChI is InChI=1S/C28H22F3N5O3S/c29-28(30,31)24-22(35-26(39-24)18-4-2-1-3-5-18)15-40-27-21(13-33)23(20(12-32)25(34)36-27)17-9-6-16(7-10-17)8-11-19(38)14-37/h1-7,9-10,19,37-38H,8,11,14-15H2,(H2,34,36)/t19-/m1/s1. The number of anilines is 1. The van der Waals surface area contributed by atoms with Gasteiger partial charge in [-0.05, 0) is 36.1 Å². The van der Waals surface area contributed by atoms with E-state index in [-0.39, 0.29) is 51.5 Å². The highest BCUT2D eigenvalue weighted by Gasteiger charge is 2.39. The highest BCUT2D eigenvalue weighted by atomic mass is 32.2. The van der Waals surface area contributed by atoms with Crippen molar-refractivity contribution in [3.8, 4) is 34.7 Å². The maximum atomic E-state index is 13.8. The van der Waals surface area contributed by atoms with Crippen LogP contribution in [0.3, 0.4) is 0 Å². The molecular weight excluding hydrogens is 543 g/mol. The van der Waals surface area contributed by atoms with Crippen molar-refractivity contribution in [3.63, 3.8) is 0 Å². The molecule has 4 N–H and O–H groups in total. The van der Waals surface area contributed by atoms with Crippen LogP contribution in [0.4, 0.5) is 19.0 Å². The minimum Gasteiger partial charge on any atom is -0.431 e. The van der Waals surface area contributed by atoms with E-state index in [0.717, 1.165) is 17.3 Å². The Morgan fingerprint density at radius 3 is 2.25 bits per heavy atom. The topological polar surface area (TPSA) is 153 Å². The average Bonchev–Trinajstić information content (AvgIpc) is 3.40. The van der Waals surface area contributed by atoms with Crippen LogP contribution in [0, 0.1) is 22.7 Å². The van der Waals surface area contributed by atoms with Crippen molar-refractivity contribution < 1.29 is 27.8 Å². The molecule has 1 atom stereocenters. The number of oxazole rings is 1. The fourth-order valence-corrected chi connectivity index (χ4v) is 4.89. The SMILES string of the molecule is N#Cc1c(N)nc(SCc2nc(-c3ccccc3)oc2C(F)(F)F)c(C#N)c1-c1ccc(CC[C@@H](O)CO)cc1. The molecule has 0 spiro atoms. The van der Waals surface area contributed by atoms with Crippen molar-refractivity contribution in [2.75, 3.05) is 12.3 Å². The van der Waals surface area contributed by atoms with Crippen molar-refractivity contribution in [2.24, 2.45) is 0 Å². The summed E-state index contributed by atoms with van der Waals surface area (Å²) in [6.45, 7) is -0.349. The van der Waals surface area contributed by atoms with E-state index >= 15 is 0 Å². The summed E-state index contributed by atoms with van der Waals surface area (Å²) < 4.78 is 46.4. The van der Waals surface area contributed by atoms with Crippen LogP contribution in [-0.4, -0.2) is 32.9 Å². The molecule has 8 nitrogen and oxygen atoms in total. The maximum Gasteiger partial charge on any atom is 0.451 e. The molecule has 0 unspecified atom stereocenters. The molecule has 0 radical (unpaired) electrons. The molecule has 0 aliphatic rings. The number of nitrogens with two attached hydrogens (primary N) is 1. The molecule has 4 rings (SSSR count). The molecule has 12 heteroatoms. The lowest BCUT2D eigenvalue weighted by atomic mass is 9.95. The van der Waals surface area contributed by atoms with Crippen LogP contribution in [0.1, 0.15) is 34.6 Å². The van der Waals surface area contributed by atoms with Gasteiger partial charge in [-0.2, -0.15) is 23.7 Å². The van der Waals surface area contributed by atoms with Crippen LogP contribution in [0.2, 0.25) is 0 Å². The van der Waals surface area contributed by atoms with E-state index in [1.54, 1.807) is 54.6 Å². The molecule has 0 bridgehead atoms. The smallest absolute Gasteiger partial charge is 0.431 e. The number of aliphatic hydroxyl groups excluding tert-OH is 2. The van der Waals surface area contributed by atoms with Gasteiger partial charge in [0, 0.05) is 16.9 Å². The lowest BCUT2D eigenvalue weighted by Gasteiger charge is -2.14. The highest BCUT2D eigenvalue weighted by Crippen LogP contribution is 2.40. The molecule has 0 aliphatic carbocycles. The van der Waals surface area contributed by atoms with Gasteiger partial charge in [0.25, 0.3) is 0 Å². The van der Waals surface area contributed by atoms with Crippen molar-refractivity contribution in [2.45, 2.75) is 35.9 Å². The molecule has 0 amide bonds. The molecular formula is C28H22F3N5O3S. The number of benzene rings is 2. The van der Waals surface area contributed by atoms with E-state index in [2.05, 4.69) is 9.97 Å². The van der Waals surface area contributed by atoms with Crippen LogP contribution in [-0.2, 0) is 18.3 Å². The zero-order valence-corrected chi connectivity index (χ0v) is 21.6. The van der Waals surface area contributed by atoms with E-state index < -0.39 is 18.0 Å².